The number of halogens is 3. The number of benzene rings is 1. The standard InChI is InChI=1S/C10H11BrCl2OS/c1-2-3-10(11)15(14)7-4-5-8(12)9(13)6-7/h4-6,10H,2-3H2,1H3. The lowest BCUT2D eigenvalue weighted by molar-refractivity contribution is 0.677. The average molecular weight is 330 g/mol. The van der Waals surface area contributed by atoms with Crippen molar-refractivity contribution in [3.8, 4) is 0 Å². The van der Waals surface area contributed by atoms with Gasteiger partial charge in [0.25, 0.3) is 0 Å². The Morgan fingerprint density at radius 1 is 1.40 bits per heavy atom. The highest BCUT2D eigenvalue weighted by atomic mass is 79.9. The third-order valence-electron chi connectivity index (χ3n) is 1.87. The van der Waals surface area contributed by atoms with Crippen LogP contribution < -0.4 is 0 Å². The van der Waals surface area contributed by atoms with Gasteiger partial charge in [-0.25, -0.2) is 0 Å². The van der Waals surface area contributed by atoms with Crippen LogP contribution in [0, 0.1) is 0 Å². The van der Waals surface area contributed by atoms with E-state index >= 15 is 0 Å². The Bertz CT molecular complexity index is 370. The Morgan fingerprint density at radius 3 is 2.60 bits per heavy atom. The summed E-state index contributed by atoms with van der Waals surface area (Å²) >= 11 is 15.0. The van der Waals surface area contributed by atoms with Gasteiger partial charge in [0.1, 0.15) is 0 Å². The maximum Gasteiger partial charge on any atom is 0.0945 e. The Kier molecular flexibility index (Phi) is 5.61. The predicted molar refractivity (Wildman–Crippen MR) is 70.5 cm³/mol. The van der Waals surface area contributed by atoms with Crippen LogP contribution in [0.1, 0.15) is 19.8 Å². The minimum atomic E-state index is -1.07. The zero-order valence-corrected chi connectivity index (χ0v) is 12.1. The average Bonchev–Trinajstić information content (AvgIpc) is 2.21. The highest BCUT2D eigenvalue weighted by Crippen LogP contribution is 2.27. The molecule has 0 aliphatic carbocycles. The van der Waals surface area contributed by atoms with Gasteiger partial charge in [-0.15, -0.1) is 0 Å². The molecule has 0 radical (unpaired) electrons. The SMILES string of the molecule is CCCC(Br)S(=O)c1ccc(Cl)c(Cl)c1. The van der Waals surface area contributed by atoms with E-state index in [1.54, 1.807) is 18.2 Å². The van der Waals surface area contributed by atoms with Crippen molar-refractivity contribution in [2.24, 2.45) is 0 Å². The smallest absolute Gasteiger partial charge is 0.0945 e. The molecule has 0 aromatic heterocycles. The molecular weight excluding hydrogens is 319 g/mol. The molecule has 5 heteroatoms. The van der Waals surface area contributed by atoms with Crippen molar-refractivity contribution in [2.45, 2.75) is 28.8 Å². The summed E-state index contributed by atoms with van der Waals surface area (Å²) in [5, 5.41) is 0.928. The van der Waals surface area contributed by atoms with E-state index in [9.17, 15) is 4.21 Å². The highest BCUT2D eigenvalue weighted by Gasteiger charge is 2.14. The van der Waals surface area contributed by atoms with Crippen molar-refractivity contribution in [3.05, 3.63) is 28.2 Å². The quantitative estimate of drug-likeness (QED) is 0.736. The highest BCUT2D eigenvalue weighted by molar-refractivity contribution is 9.11. The molecule has 0 fully saturated rings. The van der Waals surface area contributed by atoms with E-state index in [1.165, 1.54) is 0 Å². The van der Waals surface area contributed by atoms with Gasteiger partial charge in [-0.1, -0.05) is 52.5 Å². The molecule has 15 heavy (non-hydrogen) atoms. The summed E-state index contributed by atoms with van der Waals surface area (Å²) in [6.45, 7) is 2.06. The molecule has 1 aromatic rings. The summed E-state index contributed by atoms with van der Waals surface area (Å²) in [7, 11) is -1.07. The molecule has 0 heterocycles. The van der Waals surface area contributed by atoms with E-state index in [0.717, 1.165) is 12.8 Å². The monoisotopic (exact) mass is 328 g/mol. The first-order valence-electron chi connectivity index (χ1n) is 4.56. The van der Waals surface area contributed by atoms with Crippen LogP contribution in [-0.4, -0.2) is 8.37 Å². The zero-order chi connectivity index (χ0) is 11.4. The second-order valence-corrected chi connectivity index (χ2v) is 7.23. The van der Waals surface area contributed by atoms with E-state index in [0.29, 0.717) is 14.9 Å². The normalized spacial score (nSPS) is 14.9. The summed E-state index contributed by atoms with van der Waals surface area (Å²) in [6.07, 6.45) is 1.86. The van der Waals surface area contributed by atoms with E-state index in [-0.39, 0.29) is 4.16 Å². The summed E-state index contributed by atoms with van der Waals surface area (Å²) < 4.78 is 11.9. The van der Waals surface area contributed by atoms with Crippen LogP contribution in [0.15, 0.2) is 23.1 Å². The molecule has 0 saturated heterocycles. The third kappa shape index (κ3) is 3.74. The fourth-order valence-corrected chi connectivity index (χ4v) is 3.73. The van der Waals surface area contributed by atoms with E-state index < -0.39 is 10.8 Å². The van der Waals surface area contributed by atoms with Gasteiger partial charge in [0.15, 0.2) is 0 Å². The summed E-state index contributed by atoms with van der Waals surface area (Å²) in [5.41, 5.74) is 0. The van der Waals surface area contributed by atoms with Crippen molar-refractivity contribution in [3.63, 3.8) is 0 Å². The van der Waals surface area contributed by atoms with Crippen LogP contribution in [-0.2, 0) is 10.8 Å². The van der Waals surface area contributed by atoms with Crippen molar-refractivity contribution in [2.75, 3.05) is 0 Å². The molecule has 0 amide bonds. The van der Waals surface area contributed by atoms with Crippen LogP contribution in [0.2, 0.25) is 10.0 Å². The lowest BCUT2D eigenvalue weighted by Crippen LogP contribution is -2.06. The molecule has 2 unspecified atom stereocenters. The van der Waals surface area contributed by atoms with E-state index in [4.69, 9.17) is 23.2 Å². The molecule has 0 N–H and O–H groups in total. The van der Waals surface area contributed by atoms with Crippen LogP contribution in [0.5, 0.6) is 0 Å². The Hall–Kier alpha value is 0.430. The van der Waals surface area contributed by atoms with Gasteiger partial charge in [0.05, 0.1) is 25.0 Å². The van der Waals surface area contributed by atoms with Crippen LogP contribution >= 0.6 is 39.1 Å². The van der Waals surface area contributed by atoms with Gasteiger partial charge in [0.2, 0.25) is 0 Å². The molecule has 0 saturated carbocycles. The van der Waals surface area contributed by atoms with Crippen molar-refractivity contribution >= 4 is 49.9 Å². The van der Waals surface area contributed by atoms with E-state index in [1.807, 2.05) is 0 Å². The maximum atomic E-state index is 12.0. The zero-order valence-electron chi connectivity index (χ0n) is 8.17. The molecule has 0 aliphatic rings. The summed E-state index contributed by atoms with van der Waals surface area (Å²) in [4.78, 5) is 0.708. The van der Waals surface area contributed by atoms with Gasteiger partial charge in [0, 0.05) is 4.90 Å². The first-order chi connectivity index (χ1) is 7.06. The van der Waals surface area contributed by atoms with Gasteiger partial charge < -0.3 is 0 Å². The van der Waals surface area contributed by atoms with Crippen molar-refractivity contribution < 1.29 is 4.21 Å². The molecule has 0 spiro atoms. The number of rotatable bonds is 4. The molecular formula is C10H11BrCl2OS. The van der Waals surface area contributed by atoms with E-state index in [2.05, 4.69) is 22.9 Å². The minimum absolute atomic E-state index is 0.0280. The fourth-order valence-electron chi connectivity index (χ4n) is 1.08. The second-order valence-electron chi connectivity index (χ2n) is 3.07. The number of hydrogen-bond acceptors (Lipinski definition) is 1. The predicted octanol–water partition coefficient (Wildman–Crippen LogP) is 4.62. The maximum absolute atomic E-state index is 12.0. The van der Waals surface area contributed by atoms with Crippen molar-refractivity contribution in [1.29, 1.82) is 0 Å². The molecule has 84 valence electrons. The largest absolute Gasteiger partial charge is 0.253 e. The van der Waals surface area contributed by atoms with Crippen LogP contribution in [0.4, 0.5) is 0 Å². The van der Waals surface area contributed by atoms with Crippen molar-refractivity contribution in [1.82, 2.24) is 0 Å². The minimum Gasteiger partial charge on any atom is -0.253 e. The molecule has 0 bridgehead atoms. The summed E-state index contributed by atoms with van der Waals surface area (Å²) in [5.74, 6) is 0. The van der Waals surface area contributed by atoms with Gasteiger partial charge in [-0.3, -0.25) is 4.21 Å². The molecule has 2 atom stereocenters. The Labute approximate surface area is 111 Å². The second kappa shape index (κ2) is 6.24. The molecule has 1 aromatic carbocycles. The Balaban J connectivity index is 2.87. The van der Waals surface area contributed by atoms with Gasteiger partial charge in [-0.2, -0.15) is 0 Å². The third-order valence-corrected chi connectivity index (χ3v) is 5.51. The number of alkyl halides is 1. The van der Waals surface area contributed by atoms with Crippen LogP contribution in [0.25, 0.3) is 0 Å². The van der Waals surface area contributed by atoms with Gasteiger partial charge in [-0.05, 0) is 24.6 Å². The first-order valence-corrected chi connectivity index (χ1v) is 7.44. The van der Waals surface area contributed by atoms with Crippen LogP contribution in [0.3, 0.4) is 0 Å². The lowest BCUT2D eigenvalue weighted by Gasteiger charge is -2.09. The number of hydrogen-bond donors (Lipinski definition) is 0. The van der Waals surface area contributed by atoms with Gasteiger partial charge >= 0.3 is 0 Å². The first kappa shape index (κ1) is 13.5. The summed E-state index contributed by atoms with van der Waals surface area (Å²) in [6, 6.07) is 5.07. The molecule has 0 aliphatic heterocycles. The molecule has 1 rings (SSSR count). The fraction of sp³-hybridized carbons (Fsp3) is 0.400. The topological polar surface area (TPSA) is 17.1 Å². The lowest BCUT2D eigenvalue weighted by atomic mass is 10.4. The Morgan fingerprint density at radius 2 is 2.07 bits per heavy atom. The molecule has 1 nitrogen and oxygen atoms in total.